The van der Waals surface area contributed by atoms with Crippen LogP contribution in [0.15, 0.2) is 30.5 Å². The van der Waals surface area contributed by atoms with E-state index < -0.39 is 23.7 Å². The summed E-state index contributed by atoms with van der Waals surface area (Å²) in [5.41, 5.74) is 1.65. The first kappa shape index (κ1) is 18.6. The molecule has 0 saturated carbocycles. The molecule has 1 aromatic carbocycles. The SMILES string of the molecule is Cc1c(C(=O)NC(CC(=O)O)c2ccc(F)cc2)cnn1CC(C)C. The minimum atomic E-state index is -1.05. The number of nitrogens with zero attached hydrogens (tertiary/aromatic N) is 2. The lowest BCUT2D eigenvalue weighted by Crippen LogP contribution is -2.30. The van der Waals surface area contributed by atoms with Crippen LogP contribution in [0.2, 0.25) is 0 Å². The van der Waals surface area contributed by atoms with Crippen LogP contribution >= 0.6 is 0 Å². The van der Waals surface area contributed by atoms with Crippen LogP contribution in [-0.4, -0.2) is 26.8 Å². The minimum absolute atomic E-state index is 0.295. The normalized spacial score (nSPS) is 12.2. The molecular weight excluding hydrogens is 325 g/mol. The fraction of sp³-hybridized carbons (Fsp3) is 0.389. The summed E-state index contributed by atoms with van der Waals surface area (Å²) in [7, 11) is 0. The highest BCUT2D eigenvalue weighted by Gasteiger charge is 2.21. The van der Waals surface area contributed by atoms with Crippen LogP contribution in [0.4, 0.5) is 4.39 Å². The van der Waals surface area contributed by atoms with Gasteiger partial charge in [0.05, 0.1) is 24.2 Å². The lowest BCUT2D eigenvalue weighted by Gasteiger charge is -2.17. The number of amides is 1. The van der Waals surface area contributed by atoms with Crippen LogP contribution in [0, 0.1) is 18.7 Å². The number of aromatic nitrogens is 2. The Labute approximate surface area is 145 Å². The van der Waals surface area contributed by atoms with Gasteiger partial charge in [-0.05, 0) is 30.5 Å². The second-order valence-electron chi connectivity index (χ2n) is 6.40. The van der Waals surface area contributed by atoms with Crippen LogP contribution in [0.25, 0.3) is 0 Å². The zero-order valence-corrected chi connectivity index (χ0v) is 14.5. The first-order chi connectivity index (χ1) is 11.8. The van der Waals surface area contributed by atoms with Gasteiger partial charge in [0.15, 0.2) is 0 Å². The van der Waals surface area contributed by atoms with Crippen molar-refractivity contribution in [1.82, 2.24) is 15.1 Å². The summed E-state index contributed by atoms with van der Waals surface area (Å²) in [5.74, 6) is -1.49. The summed E-state index contributed by atoms with van der Waals surface area (Å²) in [5, 5.41) is 16.0. The number of carboxylic acids is 1. The van der Waals surface area contributed by atoms with E-state index in [0.29, 0.717) is 23.6 Å². The third-order valence-corrected chi connectivity index (χ3v) is 3.84. The number of carbonyl (C=O) groups is 2. The van der Waals surface area contributed by atoms with E-state index in [1.165, 1.54) is 30.5 Å². The summed E-state index contributed by atoms with van der Waals surface area (Å²) in [6.07, 6.45) is 1.19. The van der Waals surface area contributed by atoms with Gasteiger partial charge in [0.25, 0.3) is 5.91 Å². The van der Waals surface area contributed by atoms with Crippen molar-refractivity contribution in [3.63, 3.8) is 0 Å². The highest BCUT2D eigenvalue weighted by atomic mass is 19.1. The van der Waals surface area contributed by atoms with Crippen molar-refractivity contribution in [3.05, 3.63) is 53.1 Å². The summed E-state index contributed by atoms with van der Waals surface area (Å²) in [6, 6.07) is 4.67. The number of halogens is 1. The van der Waals surface area contributed by atoms with E-state index >= 15 is 0 Å². The van der Waals surface area contributed by atoms with Crippen molar-refractivity contribution in [2.45, 2.75) is 39.8 Å². The Morgan fingerprint density at radius 2 is 1.92 bits per heavy atom. The van der Waals surface area contributed by atoms with Gasteiger partial charge in [-0.2, -0.15) is 5.10 Å². The molecular formula is C18H22FN3O3. The van der Waals surface area contributed by atoms with Crippen LogP contribution < -0.4 is 5.32 Å². The predicted octanol–water partition coefficient (Wildman–Crippen LogP) is 2.93. The largest absolute Gasteiger partial charge is 0.481 e. The third-order valence-electron chi connectivity index (χ3n) is 3.84. The molecule has 25 heavy (non-hydrogen) atoms. The quantitative estimate of drug-likeness (QED) is 0.806. The van der Waals surface area contributed by atoms with E-state index in [4.69, 9.17) is 5.11 Å². The first-order valence-corrected chi connectivity index (χ1v) is 8.08. The number of carboxylic acid groups (broad SMARTS) is 1. The molecule has 1 atom stereocenters. The van der Waals surface area contributed by atoms with E-state index in [0.717, 1.165) is 5.69 Å². The summed E-state index contributed by atoms with van der Waals surface area (Å²) < 4.78 is 14.8. The van der Waals surface area contributed by atoms with E-state index in [-0.39, 0.29) is 6.42 Å². The fourth-order valence-corrected chi connectivity index (χ4v) is 2.56. The molecule has 0 aliphatic rings. The average molecular weight is 347 g/mol. The molecule has 0 bridgehead atoms. The van der Waals surface area contributed by atoms with Gasteiger partial charge in [-0.3, -0.25) is 14.3 Å². The van der Waals surface area contributed by atoms with Crippen molar-refractivity contribution >= 4 is 11.9 Å². The molecule has 0 aliphatic heterocycles. The van der Waals surface area contributed by atoms with Crippen molar-refractivity contribution in [2.75, 3.05) is 0 Å². The van der Waals surface area contributed by atoms with Crippen molar-refractivity contribution < 1.29 is 19.1 Å². The Morgan fingerprint density at radius 3 is 2.48 bits per heavy atom. The summed E-state index contributed by atoms with van der Waals surface area (Å²) in [6.45, 7) is 6.60. The average Bonchev–Trinajstić information content (AvgIpc) is 2.87. The van der Waals surface area contributed by atoms with E-state index in [2.05, 4.69) is 24.3 Å². The second kappa shape index (κ2) is 7.92. The number of nitrogens with one attached hydrogen (secondary N) is 1. The molecule has 2 aromatic rings. The first-order valence-electron chi connectivity index (χ1n) is 8.08. The number of aliphatic carboxylic acids is 1. The standard InChI is InChI=1S/C18H22FN3O3/c1-11(2)10-22-12(3)15(9-20-22)18(25)21-16(8-17(23)24)13-4-6-14(19)7-5-13/h4-7,9,11,16H,8,10H2,1-3H3,(H,21,25)(H,23,24). The Kier molecular flexibility index (Phi) is 5.90. The topological polar surface area (TPSA) is 84.2 Å². The Bertz CT molecular complexity index is 753. The van der Waals surface area contributed by atoms with E-state index in [9.17, 15) is 14.0 Å². The summed E-state index contributed by atoms with van der Waals surface area (Å²) >= 11 is 0. The van der Waals surface area contributed by atoms with Gasteiger partial charge in [0.1, 0.15) is 5.82 Å². The number of benzene rings is 1. The van der Waals surface area contributed by atoms with Crippen molar-refractivity contribution in [1.29, 1.82) is 0 Å². The van der Waals surface area contributed by atoms with Gasteiger partial charge < -0.3 is 10.4 Å². The third kappa shape index (κ3) is 4.89. The molecule has 6 nitrogen and oxygen atoms in total. The lowest BCUT2D eigenvalue weighted by atomic mass is 10.0. The van der Waals surface area contributed by atoms with Gasteiger partial charge in [0, 0.05) is 12.2 Å². The monoisotopic (exact) mass is 347 g/mol. The maximum atomic E-state index is 13.1. The Balaban J connectivity index is 2.20. The van der Waals surface area contributed by atoms with E-state index in [1.807, 2.05) is 0 Å². The number of carbonyl (C=O) groups excluding carboxylic acids is 1. The molecule has 1 unspecified atom stereocenters. The Morgan fingerprint density at radius 1 is 1.28 bits per heavy atom. The number of hydrogen-bond acceptors (Lipinski definition) is 3. The highest BCUT2D eigenvalue weighted by Crippen LogP contribution is 2.19. The number of hydrogen-bond donors (Lipinski definition) is 2. The molecule has 1 amide bonds. The maximum Gasteiger partial charge on any atom is 0.305 e. The van der Waals surface area contributed by atoms with Gasteiger partial charge in [0.2, 0.25) is 0 Å². The van der Waals surface area contributed by atoms with Crippen LogP contribution in [0.1, 0.15) is 47.9 Å². The van der Waals surface area contributed by atoms with Crippen LogP contribution in [0.5, 0.6) is 0 Å². The maximum absolute atomic E-state index is 13.1. The van der Waals surface area contributed by atoms with Gasteiger partial charge in [-0.1, -0.05) is 26.0 Å². The molecule has 1 heterocycles. The second-order valence-corrected chi connectivity index (χ2v) is 6.40. The molecule has 0 radical (unpaired) electrons. The smallest absolute Gasteiger partial charge is 0.305 e. The minimum Gasteiger partial charge on any atom is -0.481 e. The molecule has 134 valence electrons. The molecule has 0 fully saturated rings. The molecule has 2 rings (SSSR count). The zero-order chi connectivity index (χ0) is 18.6. The fourth-order valence-electron chi connectivity index (χ4n) is 2.56. The van der Waals surface area contributed by atoms with Crippen LogP contribution in [0.3, 0.4) is 0 Å². The Hall–Kier alpha value is -2.70. The van der Waals surface area contributed by atoms with Gasteiger partial charge in [-0.15, -0.1) is 0 Å². The van der Waals surface area contributed by atoms with Crippen molar-refractivity contribution in [2.24, 2.45) is 5.92 Å². The van der Waals surface area contributed by atoms with Crippen LogP contribution in [-0.2, 0) is 11.3 Å². The lowest BCUT2D eigenvalue weighted by molar-refractivity contribution is -0.137. The zero-order valence-electron chi connectivity index (χ0n) is 14.5. The predicted molar refractivity (Wildman–Crippen MR) is 90.7 cm³/mol. The molecule has 7 heteroatoms. The van der Waals surface area contributed by atoms with Crippen molar-refractivity contribution in [3.8, 4) is 0 Å². The number of rotatable bonds is 7. The van der Waals surface area contributed by atoms with E-state index in [1.54, 1.807) is 11.6 Å². The molecule has 0 aliphatic carbocycles. The van der Waals surface area contributed by atoms with Gasteiger partial charge in [-0.25, -0.2) is 4.39 Å². The molecule has 2 N–H and O–H groups in total. The highest BCUT2D eigenvalue weighted by molar-refractivity contribution is 5.95. The van der Waals surface area contributed by atoms with Gasteiger partial charge >= 0.3 is 5.97 Å². The molecule has 0 saturated heterocycles. The molecule has 0 spiro atoms. The summed E-state index contributed by atoms with van der Waals surface area (Å²) in [4.78, 5) is 23.7. The molecule has 1 aromatic heterocycles.